The Bertz CT molecular complexity index is 1720. The lowest BCUT2D eigenvalue weighted by Gasteiger charge is -2.35. The zero-order chi connectivity index (χ0) is 44.4. The lowest BCUT2D eigenvalue weighted by Crippen LogP contribution is -2.59. The number of benzene rings is 1. The number of ether oxygens (including phenoxy) is 2. The van der Waals surface area contributed by atoms with Crippen molar-refractivity contribution in [1.82, 2.24) is 36.4 Å². The van der Waals surface area contributed by atoms with E-state index < -0.39 is 65.5 Å². The van der Waals surface area contributed by atoms with Crippen LogP contribution in [0.5, 0.6) is 0 Å². The van der Waals surface area contributed by atoms with Crippen LogP contribution in [0.3, 0.4) is 0 Å². The number of hydrogen-bond donors (Lipinski definition) is 9. The molecule has 2 aromatic rings. The van der Waals surface area contributed by atoms with Gasteiger partial charge in [0.25, 0.3) is 23.6 Å². The predicted molar refractivity (Wildman–Crippen MR) is 218 cm³/mol. The highest BCUT2D eigenvalue weighted by molar-refractivity contribution is 5.95. The van der Waals surface area contributed by atoms with E-state index in [9.17, 15) is 39.0 Å². The maximum Gasteiger partial charge on any atom is 0.275 e. The number of aliphatic hydroxyl groups excluding tert-OH is 2. The topological polar surface area (TPSA) is 272 Å². The molecule has 2 fully saturated rings. The summed E-state index contributed by atoms with van der Waals surface area (Å²) < 4.78 is 11.0. The van der Waals surface area contributed by atoms with Crippen molar-refractivity contribution >= 4 is 46.3 Å². The van der Waals surface area contributed by atoms with E-state index in [0.29, 0.717) is 25.9 Å². The van der Waals surface area contributed by atoms with E-state index in [4.69, 9.17) is 19.9 Å². The Balaban J connectivity index is 0.000000328. The molecule has 2 saturated heterocycles. The number of amides is 6. The van der Waals surface area contributed by atoms with Crippen LogP contribution in [0.2, 0.25) is 0 Å². The third-order valence-corrected chi connectivity index (χ3v) is 10.6. The highest BCUT2D eigenvalue weighted by Crippen LogP contribution is 2.23. The summed E-state index contributed by atoms with van der Waals surface area (Å²) in [4.78, 5) is 81.6. The zero-order valence-electron chi connectivity index (χ0n) is 35.4. The summed E-state index contributed by atoms with van der Waals surface area (Å²) in [5.41, 5.74) is 3.84. The lowest BCUT2D eigenvalue weighted by molar-refractivity contribution is -0.157. The maximum absolute atomic E-state index is 13.3. The Hall–Kier alpha value is -4.66. The molecule has 6 unspecified atom stereocenters. The van der Waals surface area contributed by atoms with Crippen molar-refractivity contribution in [1.29, 1.82) is 0 Å². The first-order valence-corrected chi connectivity index (χ1v) is 20.6. The van der Waals surface area contributed by atoms with E-state index >= 15 is 0 Å². The number of carbonyl (C=O) groups is 6. The van der Waals surface area contributed by atoms with E-state index in [1.807, 2.05) is 45.0 Å². The largest absolute Gasteiger partial charge is 0.380 e. The zero-order valence-corrected chi connectivity index (χ0v) is 35.4. The number of nitrogens with one attached hydrogen (secondary N) is 5. The van der Waals surface area contributed by atoms with Gasteiger partial charge in [-0.05, 0) is 42.7 Å². The molecule has 0 saturated carbocycles. The fourth-order valence-electron chi connectivity index (χ4n) is 6.97. The van der Waals surface area contributed by atoms with Gasteiger partial charge in [-0.1, -0.05) is 77.5 Å². The summed E-state index contributed by atoms with van der Waals surface area (Å²) in [6, 6.07) is 5.87. The monoisotopic (exact) mass is 847 g/mol. The third-order valence-electron chi connectivity index (χ3n) is 10.6. The maximum atomic E-state index is 13.3. The summed E-state index contributed by atoms with van der Waals surface area (Å²) in [5.74, 6) is -4.39. The van der Waals surface area contributed by atoms with Gasteiger partial charge in [0.05, 0.1) is 0 Å². The molecule has 336 valence electrons. The number of likely N-dealkylation sites (N-methyl/N-ethyl adjacent to an activating group) is 2. The van der Waals surface area contributed by atoms with Crippen molar-refractivity contribution in [3.05, 3.63) is 36.0 Å². The molecular formula is C41H65N7O12. The second-order valence-electron chi connectivity index (χ2n) is 16.4. The normalized spacial score (nSPS) is 23.8. The predicted octanol–water partition coefficient (Wildman–Crippen LogP) is 1.06. The third kappa shape index (κ3) is 14.8. The summed E-state index contributed by atoms with van der Waals surface area (Å²) in [7, 11) is 3.39. The van der Waals surface area contributed by atoms with E-state index in [1.54, 1.807) is 30.1 Å². The van der Waals surface area contributed by atoms with Crippen LogP contribution in [0.15, 0.2) is 30.5 Å². The summed E-state index contributed by atoms with van der Waals surface area (Å²) in [6.45, 7) is 6.96. The molecule has 0 aliphatic carbocycles. The van der Waals surface area contributed by atoms with Crippen molar-refractivity contribution in [2.24, 2.45) is 5.41 Å². The van der Waals surface area contributed by atoms with Crippen LogP contribution in [0.1, 0.15) is 90.5 Å². The molecule has 4 rings (SSSR count). The fraction of sp³-hybridized carbons (Fsp3) is 0.659. The van der Waals surface area contributed by atoms with Crippen LogP contribution in [0, 0.1) is 5.41 Å². The van der Waals surface area contributed by atoms with Gasteiger partial charge in [-0.2, -0.15) is 0 Å². The van der Waals surface area contributed by atoms with E-state index in [1.165, 1.54) is 11.0 Å². The first kappa shape index (κ1) is 49.7. The second kappa shape index (κ2) is 24.6. The number of rotatable bonds is 6. The van der Waals surface area contributed by atoms with Crippen LogP contribution in [0.4, 0.5) is 0 Å². The molecule has 1 aromatic carbocycles. The Kier molecular flexibility index (Phi) is 20.3. The standard InChI is InChI=1S/C23H32N4O6.C18H33N3O6/c1-27-11-7-3-2-4-8-12-33-20(19(28)21(29)26-32)22(30)25-18(23(27)31)13-15-14-24-17-10-6-5-9-16(15)17;1-18(2,3)14-17(25)21(4)10-8-6-5-7-9-11-27-13(16(24)19-14)12(22)15(23)20-26/h5-6,9-10,14,18-20,24,28,32H,2-4,7-8,11-13H2,1H3,(H,25,30)(H,26,29);12-14,22,26H,5-11H2,1-4H3,(H,19,24)(H,20,23). The van der Waals surface area contributed by atoms with Crippen LogP contribution in [-0.4, -0.2) is 148 Å². The highest BCUT2D eigenvalue weighted by atomic mass is 16.5. The van der Waals surface area contributed by atoms with Gasteiger partial charge >= 0.3 is 0 Å². The van der Waals surface area contributed by atoms with Gasteiger partial charge < -0.3 is 45.1 Å². The molecule has 19 nitrogen and oxygen atoms in total. The minimum Gasteiger partial charge on any atom is -0.380 e. The van der Waals surface area contributed by atoms with E-state index in [-0.39, 0.29) is 31.4 Å². The molecular weight excluding hydrogens is 782 g/mol. The van der Waals surface area contributed by atoms with Crippen LogP contribution >= 0.6 is 0 Å². The number of aliphatic hydroxyl groups is 2. The SMILES string of the molecule is CN1CCCCCCCOC(C(O)C(=O)NO)C(=O)NC(C(C)(C)C)C1=O.CN1CCCCCCCOC(C(O)C(=O)NO)C(=O)NC(Cc2c[nH]c3ccccc23)C1=O. The van der Waals surface area contributed by atoms with Gasteiger partial charge in [-0.15, -0.1) is 0 Å². The molecule has 3 heterocycles. The molecule has 2 aliphatic rings. The molecule has 1 aromatic heterocycles. The lowest BCUT2D eigenvalue weighted by atomic mass is 9.85. The van der Waals surface area contributed by atoms with Crippen molar-refractivity contribution < 1.29 is 58.9 Å². The number of hydrogen-bond acceptors (Lipinski definition) is 12. The van der Waals surface area contributed by atoms with Crippen molar-refractivity contribution in [2.45, 2.75) is 128 Å². The van der Waals surface area contributed by atoms with Crippen molar-refractivity contribution in [3.63, 3.8) is 0 Å². The number of nitrogens with zero attached hydrogens (tertiary/aromatic N) is 2. The summed E-state index contributed by atoms with van der Waals surface area (Å²) in [6.07, 6.45) is 3.75. The Labute approximate surface area is 350 Å². The highest BCUT2D eigenvalue weighted by Gasteiger charge is 2.40. The minimum atomic E-state index is -1.93. The Morgan fingerprint density at radius 3 is 1.72 bits per heavy atom. The van der Waals surface area contributed by atoms with Crippen molar-refractivity contribution in [3.8, 4) is 0 Å². The first-order chi connectivity index (χ1) is 28.5. The molecule has 0 spiro atoms. The number of aromatic amines is 1. The number of hydroxylamine groups is 2. The molecule has 6 amide bonds. The number of para-hydroxylation sites is 1. The van der Waals surface area contributed by atoms with Crippen LogP contribution in [-0.2, 0) is 44.7 Å². The number of fused-ring (bicyclic) bond motifs is 1. The summed E-state index contributed by atoms with van der Waals surface area (Å²) in [5, 5.41) is 44.2. The van der Waals surface area contributed by atoms with Gasteiger partial charge in [-0.25, -0.2) is 11.0 Å². The first-order valence-electron chi connectivity index (χ1n) is 20.6. The second-order valence-corrected chi connectivity index (χ2v) is 16.4. The van der Waals surface area contributed by atoms with Crippen LogP contribution in [0.25, 0.3) is 10.9 Å². The number of carbonyl (C=O) groups excluding carboxylic acids is 6. The number of H-pyrrole nitrogens is 1. The summed E-state index contributed by atoms with van der Waals surface area (Å²) >= 11 is 0. The molecule has 0 bridgehead atoms. The molecule has 60 heavy (non-hydrogen) atoms. The molecule has 19 heteroatoms. The quantitative estimate of drug-likeness (QED) is 0.146. The number of aromatic nitrogens is 1. The average Bonchev–Trinajstić information content (AvgIpc) is 3.63. The Morgan fingerprint density at radius 1 is 0.733 bits per heavy atom. The van der Waals surface area contributed by atoms with Crippen LogP contribution < -0.4 is 21.6 Å². The molecule has 0 radical (unpaired) electrons. The van der Waals surface area contributed by atoms with Gasteiger partial charge in [0, 0.05) is 63.9 Å². The van der Waals surface area contributed by atoms with Crippen molar-refractivity contribution in [2.75, 3.05) is 40.4 Å². The fourth-order valence-corrected chi connectivity index (χ4v) is 6.97. The molecule has 9 N–H and O–H groups in total. The van der Waals surface area contributed by atoms with Gasteiger partial charge in [0.1, 0.15) is 12.1 Å². The average molecular weight is 848 g/mol. The molecule has 6 atom stereocenters. The molecule has 2 aliphatic heterocycles. The van der Waals surface area contributed by atoms with Gasteiger partial charge in [0.15, 0.2) is 24.4 Å². The van der Waals surface area contributed by atoms with E-state index in [0.717, 1.165) is 67.8 Å². The van der Waals surface area contributed by atoms with Gasteiger partial charge in [-0.3, -0.25) is 39.2 Å². The minimum absolute atomic E-state index is 0.162. The smallest absolute Gasteiger partial charge is 0.275 e. The van der Waals surface area contributed by atoms with Gasteiger partial charge in [0.2, 0.25) is 11.8 Å². The van der Waals surface area contributed by atoms with E-state index in [2.05, 4.69) is 15.6 Å². The Morgan fingerprint density at radius 2 is 1.20 bits per heavy atom.